The predicted molar refractivity (Wildman–Crippen MR) is 32.7 cm³/mol. The number of rotatable bonds is 1. The van der Waals surface area contributed by atoms with Gasteiger partial charge in [-0.3, -0.25) is 0 Å². The van der Waals surface area contributed by atoms with E-state index in [1.54, 1.807) is 6.92 Å². The fourth-order valence-corrected chi connectivity index (χ4v) is 0.231. The summed E-state index contributed by atoms with van der Waals surface area (Å²) < 4.78 is 11.5. The second-order valence-electron chi connectivity index (χ2n) is 1.63. The molecule has 0 aromatic heterocycles. The number of hydrogen-bond acceptors (Lipinski definition) is 1. The molecule has 0 aliphatic carbocycles. The second-order valence-corrected chi connectivity index (χ2v) is 2.40. The summed E-state index contributed by atoms with van der Waals surface area (Å²) in [5.41, 5.74) is 1.05. The molecule has 0 aromatic carbocycles. The summed E-state index contributed by atoms with van der Waals surface area (Å²) in [6.45, 7) is 5.55. The van der Waals surface area contributed by atoms with E-state index in [9.17, 15) is 3.89 Å². The SMILES string of the molecule is CC(C)=C(C)SF. The Morgan fingerprint density at radius 2 is 1.71 bits per heavy atom. The van der Waals surface area contributed by atoms with Gasteiger partial charge in [-0.1, -0.05) is 5.57 Å². The van der Waals surface area contributed by atoms with Crippen LogP contribution in [-0.2, 0) is 0 Å². The van der Waals surface area contributed by atoms with E-state index in [4.69, 9.17) is 0 Å². The minimum atomic E-state index is 0.312. The van der Waals surface area contributed by atoms with Crippen molar-refractivity contribution in [1.29, 1.82) is 0 Å². The average molecular weight is 120 g/mol. The van der Waals surface area contributed by atoms with Gasteiger partial charge < -0.3 is 0 Å². The Morgan fingerprint density at radius 3 is 1.71 bits per heavy atom. The van der Waals surface area contributed by atoms with Crippen molar-refractivity contribution in [2.45, 2.75) is 20.8 Å². The molecule has 0 unspecified atom stereocenters. The molecule has 0 nitrogen and oxygen atoms in total. The van der Waals surface area contributed by atoms with E-state index < -0.39 is 0 Å². The monoisotopic (exact) mass is 120 g/mol. The van der Waals surface area contributed by atoms with Crippen molar-refractivity contribution in [3.8, 4) is 0 Å². The standard InChI is InChI=1S/C5H9FS/c1-4(2)5(3)7-6/h1-3H3. The number of hydrogen-bond donors (Lipinski definition) is 0. The first-order valence-corrected chi connectivity index (χ1v) is 2.83. The lowest BCUT2D eigenvalue weighted by atomic mass is 10.3. The Balaban J connectivity index is 3.72. The molecule has 0 rings (SSSR count). The molecule has 0 fully saturated rings. The van der Waals surface area contributed by atoms with Crippen molar-refractivity contribution in [3.63, 3.8) is 0 Å². The molecular formula is C5H9FS. The normalized spacial score (nSPS) is 8.57. The summed E-state index contributed by atoms with van der Waals surface area (Å²) >= 11 is 0.312. The van der Waals surface area contributed by atoms with Gasteiger partial charge in [-0.15, -0.1) is 0 Å². The van der Waals surface area contributed by atoms with E-state index in [0.717, 1.165) is 10.5 Å². The van der Waals surface area contributed by atoms with Crippen molar-refractivity contribution in [2.75, 3.05) is 0 Å². The lowest BCUT2D eigenvalue weighted by Crippen LogP contribution is -1.66. The molecule has 0 atom stereocenters. The van der Waals surface area contributed by atoms with Gasteiger partial charge in [0.15, 0.2) is 0 Å². The Morgan fingerprint density at radius 1 is 1.29 bits per heavy atom. The maximum absolute atomic E-state index is 11.5. The van der Waals surface area contributed by atoms with Crippen LogP contribution in [0.4, 0.5) is 3.89 Å². The summed E-state index contributed by atoms with van der Waals surface area (Å²) in [5, 5.41) is 0. The van der Waals surface area contributed by atoms with E-state index in [1.165, 1.54) is 0 Å². The fraction of sp³-hybridized carbons (Fsp3) is 0.600. The third kappa shape index (κ3) is 2.68. The van der Waals surface area contributed by atoms with E-state index in [2.05, 4.69) is 0 Å². The van der Waals surface area contributed by atoms with Gasteiger partial charge in [0.25, 0.3) is 0 Å². The molecule has 0 saturated heterocycles. The average Bonchev–Trinajstić information content (AvgIpc) is 1.65. The van der Waals surface area contributed by atoms with Crippen molar-refractivity contribution in [1.82, 2.24) is 0 Å². The third-order valence-corrected chi connectivity index (χ3v) is 1.46. The zero-order chi connectivity index (χ0) is 5.86. The van der Waals surface area contributed by atoms with Crippen molar-refractivity contribution < 1.29 is 3.89 Å². The summed E-state index contributed by atoms with van der Waals surface area (Å²) in [5.74, 6) is 0. The van der Waals surface area contributed by atoms with Crippen LogP contribution in [0.2, 0.25) is 0 Å². The van der Waals surface area contributed by atoms with Crippen molar-refractivity contribution >= 4 is 12.1 Å². The van der Waals surface area contributed by atoms with Gasteiger partial charge in [0, 0.05) is 4.91 Å². The van der Waals surface area contributed by atoms with Crippen LogP contribution in [0, 0.1) is 0 Å². The summed E-state index contributed by atoms with van der Waals surface area (Å²) in [6.07, 6.45) is 0. The molecular weight excluding hydrogens is 111 g/mol. The highest BCUT2D eigenvalue weighted by Gasteiger charge is 1.87. The van der Waals surface area contributed by atoms with Gasteiger partial charge in [-0.2, -0.15) is 3.89 Å². The first-order chi connectivity index (χ1) is 3.18. The van der Waals surface area contributed by atoms with Gasteiger partial charge in [0.05, 0.1) is 12.1 Å². The molecule has 0 amide bonds. The molecule has 2 heteroatoms. The van der Waals surface area contributed by atoms with Crippen molar-refractivity contribution in [2.24, 2.45) is 0 Å². The lowest BCUT2D eigenvalue weighted by molar-refractivity contribution is 0.942. The van der Waals surface area contributed by atoms with Crippen LogP contribution in [0.3, 0.4) is 0 Å². The van der Waals surface area contributed by atoms with Crippen molar-refractivity contribution in [3.05, 3.63) is 10.5 Å². The minimum absolute atomic E-state index is 0.312. The number of allylic oxidation sites excluding steroid dienone is 2. The highest BCUT2D eigenvalue weighted by molar-refractivity contribution is 7.98. The Hall–Kier alpha value is 0.0200. The quantitative estimate of drug-likeness (QED) is 0.512. The van der Waals surface area contributed by atoms with E-state index in [-0.39, 0.29) is 0 Å². The van der Waals surface area contributed by atoms with Crippen LogP contribution in [0.25, 0.3) is 0 Å². The first-order valence-electron chi connectivity index (χ1n) is 2.11. The van der Waals surface area contributed by atoms with E-state index >= 15 is 0 Å². The zero-order valence-corrected chi connectivity index (χ0v) is 5.60. The van der Waals surface area contributed by atoms with Crippen LogP contribution in [0.1, 0.15) is 20.8 Å². The highest BCUT2D eigenvalue weighted by Crippen LogP contribution is 2.18. The van der Waals surface area contributed by atoms with Gasteiger partial charge in [0.2, 0.25) is 0 Å². The van der Waals surface area contributed by atoms with E-state index in [0.29, 0.717) is 12.1 Å². The largest absolute Gasteiger partial charge is 0.160 e. The minimum Gasteiger partial charge on any atom is -0.160 e. The highest BCUT2D eigenvalue weighted by atomic mass is 32.2. The number of halogens is 1. The van der Waals surface area contributed by atoms with Crippen LogP contribution < -0.4 is 0 Å². The van der Waals surface area contributed by atoms with Gasteiger partial charge in [-0.05, 0) is 20.8 Å². The molecule has 0 bridgehead atoms. The molecule has 0 aliphatic rings. The summed E-state index contributed by atoms with van der Waals surface area (Å²) in [4.78, 5) is 0.764. The second kappa shape index (κ2) is 3.08. The molecule has 0 radical (unpaired) electrons. The maximum Gasteiger partial charge on any atom is 0.0763 e. The lowest BCUT2D eigenvalue weighted by Gasteiger charge is -1.90. The van der Waals surface area contributed by atoms with Gasteiger partial charge in [0.1, 0.15) is 0 Å². The molecule has 0 saturated carbocycles. The fourth-order valence-electron chi connectivity index (χ4n) is 0.0772. The van der Waals surface area contributed by atoms with Crippen LogP contribution in [0.5, 0.6) is 0 Å². The molecule has 0 heterocycles. The van der Waals surface area contributed by atoms with Gasteiger partial charge in [-0.25, -0.2) is 0 Å². The Bertz CT molecular complexity index is 82.1. The molecule has 7 heavy (non-hydrogen) atoms. The third-order valence-electron chi connectivity index (χ3n) is 0.820. The Labute approximate surface area is 48.1 Å². The maximum atomic E-state index is 11.5. The molecule has 0 aliphatic heterocycles. The van der Waals surface area contributed by atoms with Crippen LogP contribution in [-0.4, -0.2) is 0 Å². The smallest absolute Gasteiger partial charge is 0.0763 e. The molecule has 42 valence electrons. The predicted octanol–water partition coefficient (Wildman–Crippen LogP) is 2.92. The first kappa shape index (κ1) is 7.02. The summed E-state index contributed by atoms with van der Waals surface area (Å²) in [7, 11) is 0. The summed E-state index contributed by atoms with van der Waals surface area (Å²) in [6, 6.07) is 0. The van der Waals surface area contributed by atoms with Crippen LogP contribution in [0.15, 0.2) is 10.5 Å². The Kier molecular flexibility index (Phi) is 3.09. The molecule has 0 spiro atoms. The van der Waals surface area contributed by atoms with Gasteiger partial charge >= 0.3 is 0 Å². The molecule has 0 aromatic rings. The van der Waals surface area contributed by atoms with E-state index in [1.807, 2.05) is 13.8 Å². The molecule has 0 N–H and O–H groups in total. The zero-order valence-electron chi connectivity index (χ0n) is 4.79. The van der Waals surface area contributed by atoms with Crippen LogP contribution >= 0.6 is 12.1 Å². The topological polar surface area (TPSA) is 0 Å².